The fraction of sp³-hybridized carbons (Fsp3) is 0.600. The summed E-state index contributed by atoms with van der Waals surface area (Å²) in [6, 6.07) is 7.01. The molecule has 0 radical (unpaired) electrons. The van der Waals surface area contributed by atoms with Crippen molar-refractivity contribution in [3.8, 4) is 5.75 Å². The second kappa shape index (κ2) is 9.03. The maximum absolute atomic E-state index is 12.1. The molecule has 26 heavy (non-hydrogen) atoms. The fourth-order valence-corrected chi connectivity index (χ4v) is 4.18. The molecule has 2 amide bonds. The van der Waals surface area contributed by atoms with Gasteiger partial charge in [-0.25, -0.2) is 0 Å². The first-order valence-electron chi connectivity index (χ1n) is 9.71. The normalized spacial score (nSPS) is 23.1. The maximum Gasteiger partial charge on any atom is 0.224 e. The molecule has 2 aliphatic rings. The molecule has 2 aliphatic heterocycles. The quantitative estimate of drug-likeness (QED) is 0.729. The first kappa shape index (κ1) is 18.7. The Morgan fingerprint density at radius 1 is 1.08 bits per heavy atom. The van der Waals surface area contributed by atoms with E-state index in [2.05, 4.69) is 15.5 Å². The minimum absolute atomic E-state index is 0.0657. The Bertz CT molecular complexity index is 632. The Hall–Kier alpha value is -2.08. The van der Waals surface area contributed by atoms with Gasteiger partial charge < -0.3 is 20.6 Å². The number of hydrogen-bond acceptors (Lipinski definition) is 4. The number of hydrogen-bond donors (Lipinski definition) is 3. The number of phenols is 1. The van der Waals surface area contributed by atoms with Crippen molar-refractivity contribution in [3.63, 3.8) is 0 Å². The van der Waals surface area contributed by atoms with Crippen LogP contribution in [-0.4, -0.2) is 47.5 Å². The highest BCUT2D eigenvalue weighted by Gasteiger charge is 2.32. The number of phenolic OH excluding ortho intramolecular Hbond substituents is 1. The standard InChI is InChI=1S/C20H29N3O3/c24-17-7-3-6-16(13-17)22-20(26)10-9-19(25)21-14-15-5-4-12-23-11-2-1-8-18(15)23/h3,6-7,13,15,18,24H,1-2,4-5,8-12,14H2,(H,21,25)(H,22,26)/t15?,18-/m0/s1. The van der Waals surface area contributed by atoms with Gasteiger partial charge in [0.25, 0.3) is 0 Å². The topological polar surface area (TPSA) is 81.7 Å². The van der Waals surface area contributed by atoms with Gasteiger partial charge in [-0.15, -0.1) is 0 Å². The molecular formula is C20H29N3O3. The van der Waals surface area contributed by atoms with Gasteiger partial charge in [0.2, 0.25) is 11.8 Å². The molecular weight excluding hydrogens is 330 g/mol. The van der Waals surface area contributed by atoms with Crippen molar-refractivity contribution in [2.45, 2.75) is 51.0 Å². The zero-order valence-corrected chi connectivity index (χ0v) is 15.2. The van der Waals surface area contributed by atoms with E-state index in [1.54, 1.807) is 18.2 Å². The number of fused-ring (bicyclic) bond motifs is 1. The number of nitrogens with zero attached hydrogens (tertiary/aromatic N) is 1. The molecule has 3 N–H and O–H groups in total. The summed E-state index contributed by atoms with van der Waals surface area (Å²) < 4.78 is 0. The van der Waals surface area contributed by atoms with E-state index in [9.17, 15) is 14.7 Å². The predicted octanol–water partition coefficient (Wildman–Crippen LogP) is 2.49. The molecule has 0 aliphatic carbocycles. The second-order valence-corrected chi connectivity index (χ2v) is 7.40. The number of amides is 2. The Labute approximate surface area is 155 Å². The number of benzene rings is 1. The van der Waals surface area contributed by atoms with E-state index in [0.717, 1.165) is 0 Å². The summed E-state index contributed by atoms with van der Waals surface area (Å²) in [6.45, 7) is 3.11. The Morgan fingerprint density at radius 2 is 1.88 bits per heavy atom. The maximum atomic E-state index is 12.1. The van der Waals surface area contributed by atoms with Crippen LogP contribution in [0.25, 0.3) is 0 Å². The molecule has 2 atom stereocenters. The third-order valence-corrected chi connectivity index (χ3v) is 5.50. The summed E-state index contributed by atoms with van der Waals surface area (Å²) in [5, 5.41) is 15.1. The van der Waals surface area contributed by atoms with Gasteiger partial charge in [0.05, 0.1) is 0 Å². The van der Waals surface area contributed by atoms with Crippen LogP contribution in [0.5, 0.6) is 5.75 Å². The van der Waals surface area contributed by atoms with Crippen LogP contribution in [0, 0.1) is 5.92 Å². The van der Waals surface area contributed by atoms with Gasteiger partial charge >= 0.3 is 0 Å². The van der Waals surface area contributed by atoms with Crippen molar-refractivity contribution in [2.75, 3.05) is 25.0 Å². The zero-order chi connectivity index (χ0) is 18.4. The summed E-state index contributed by atoms with van der Waals surface area (Å²) in [5.41, 5.74) is 0.537. The van der Waals surface area contributed by atoms with E-state index < -0.39 is 0 Å². The third kappa shape index (κ3) is 5.21. The molecule has 1 unspecified atom stereocenters. The molecule has 6 heteroatoms. The zero-order valence-electron chi connectivity index (χ0n) is 15.2. The predicted molar refractivity (Wildman–Crippen MR) is 101 cm³/mol. The second-order valence-electron chi connectivity index (χ2n) is 7.40. The van der Waals surface area contributed by atoms with Gasteiger partial charge in [0, 0.05) is 37.2 Å². The summed E-state index contributed by atoms with van der Waals surface area (Å²) in [4.78, 5) is 26.6. The van der Waals surface area contributed by atoms with Crippen LogP contribution in [0.1, 0.15) is 44.9 Å². The summed E-state index contributed by atoms with van der Waals surface area (Å²) in [5.74, 6) is 0.352. The van der Waals surface area contributed by atoms with Crippen LogP contribution in [0.3, 0.4) is 0 Å². The SMILES string of the molecule is O=C(CCC(=O)Nc1cccc(O)c1)NCC1CCCN2CCCC[C@@H]12. The summed E-state index contributed by atoms with van der Waals surface area (Å²) >= 11 is 0. The van der Waals surface area contributed by atoms with Gasteiger partial charge in [-0.1, -0.05) is 12.5 Å². The average Bonchev–Trinajstić information content (AvgIpc) is 2.64. The van der Waals surface area contributed by atoms with Gasteiger partial charge in [-0.3, -0.25) is 9.59 Å². The fourth-order valence-electron chi connectivity index (χ4n) is 4.18. The molecule has 0 spiro atoms. The highest BCUT2D eigenvalue weighted by atomic mass is 16.3. The largest absolute Gasteiger partial charge is 0.508 e. The number of rotatable bonds is 6. The molecule has 2 fully saturated rings. The highest BCUT2D eigenvalue weighted by Crippen LogP contribution is 2.30. The van der Waals surface area contributed by atoms with Crippen LogP contribution in [0.2, 0.25) is 0 Å². The van der Waals surface area contributed by atoms with Crippen LogP contribution >= 0.6 is 0 Å². The molecule has 0 bridgehead atoms. The van der Waals surface area contributed by atoms with E-state index in [0.29, 0.717) is 24.2 Å². The molecule has 1 aromatic rings. The molecule has 1 aromatic carbocycles. The Kier molecular flexibility index (Phi) is 6.50. The third-order valence-electron chi connectivity index (χ3n) is 5.50. The lowest BCUT2D eigenvalue weighted by Crippen LogP contribution is -2.51. The van der Waals surface area contributed by atoms with Crippen molar-refractivity contribution in [1.82, 2.24) is 10.2 Å². The smallest absolute Gasteiger partial charge is 0.224 e. The Morgan fingerprint density at radius 3 is 2.73 bits per heavy atom. The molecule has 0 saturated carbocycles. The van der Waals surface area contributed by atoms with E-state index >= 15 is 0 Å². The van der Waals surface area contributed by atoms with Crippen LogP contribution in [-0.2, 0) is 9.59 Å². The van der Waals surface area contributed by atoms with E-state index in [4.69, 9.17) is 0 Å². The highest BCUT2D eigenvalue weighted by molar-refractivity contribution is 5.93. The lowest BCUT2D eigenvalue weighted by atomic mass is 9.83. The molecule has 2 heterocycles. The van der Waals surface area contributed by atoms with Gasteiger partial charge in [-0.05, 0) is 56.8 Å². The Balaban J connectivity index is 1.38. The van der Waals surface area contributed by atoms with E-state index in [1.807, 2.05) is 0 Å². The number of carbonyl (C=O) groups excluding carboxylic acids is 2. The molecule has 0 aromatic heterocycles. The van der Waals surface area contributed by atoms with Crippen LogP contribution in [0.15, 0.2) is 24.3 Å². The van der Waals surface area contributed by atoms with Crippen molar-refractivity contribution >= 4 is 17.5 Å². The van der Waals surface area contributed by atoms with Crippen LogP contribution in [0.4, 0.5) is 5.69 Å². The average molecular weight is 359 g/mol. The number of piperidine rings is 2. The van der Waals surface area contributed by atoms with E-state index in [1.165, 1.54) is 51.3 Å². The molecule has 142 valence electrons. The van der Waals surface area contributed by atoms with Crippen molar-refractivity contribution in [3.05, 3.63) is 24.3 Å². The van der Waals surface area contributed by atoms with Crippen molar-refractivity contribution < 1.29 is 14.7 Å². The monoisotopic (exact) mass is 359 g/mol. The van der Waals surface area contributed by atoms with Gasteiger partial charge in [-0.2, -0.15) is 0 Å². The van der Waals surface area contributed by atoms with E-state index in [-0.39, 0.29) is 30.4 Å². The first-order chi connectivity index (χ1) is 12.6. The lowest BCUT2D eigenvalue weighted by Gasteiger charge is -2.44. The van der Waals surface area contributed by atoms with Crippen LogP contribution < -0.4 is 10.6 Å². The number of aromatic hydroxyl groups is 1. The molecule has 2 saturated heterocycles. The summed E-state index contributed by atoms with van der Waals surface area (Å²) in [6.07, 6.45) is 6.55. The minimum atomic E-state index is -0.220. The number of anilines is 1. The number of carbonyl (C=O) groups is 2. The lowest BCUT2D eigenvalue weighted by molar-refractivity contribution is -0.124. The van der Waals surface area contributed by atoms with Gasteiger partial charge in [0.1, 0.15) is 5.75 Å². The first-order valence-corrected chi connectivity index (χ1v) is 9.71. The minimum Gasteiger partial charge on any atom is -0.508 e. The van der Waals surface area contributed by atoms with Crippen molar-refractivity contribution in [1.29, 1.82) is 0 Å². The van der Waals surface area contributed by atoms with Gasteiger partial charge in [0.15, 0.2) is 0 Å². The number of nitrogens with one attached hydrogen (secondary N) is 2. The molecule has 6 nitrogen and oxygen atoms in total. The summed E-state index contributed by atoms with van der Waals surface area (Å²) in [7, 11) is 0. The molecule has 3 rings (SSSR count). The van der Waals surface area contributed by atoms with Crippen molar-refractivity contribution in [2.24, 2.45) is 5.92 Å².